The number of esters is 1. The number of benzene rings is 1. The number of ketones is 1. The van der Waals surface area contributed by atoms with Gasteiger partial charge in [-0.2, -0.15) is 0 Å². The Balaban J connectivity index is 1.88. The highest BCUT2D eigenvalue weighted by Gasteiger charge is 2.25. The quantitative estimate of drug-likeness (QED) is 0.132. The van der Waals surface area contributed by atoms with Crippen molar-refractivity contribution in [3.8, 4) is 0 Å². The summed E-state index contributed by atoms with van der Waals surface area (Å²) in [5.74, 6) is -1.92. The highest BCUT2D eigenvalue weighted by molar-refractivity contribution is 6.13. The maximum atomic E-state index is 12.9. The lowest BCUT2D eigenvalue weighted by Crippen LogP contribution is -2.41. The van der Waals surface area contributed by atoms with Crippen molar-refractivity contribution < 1.29 is 33.5 Å². The average Bonchev–Trinajstić information content (AvgIpc) is 3.23. The largest absolute Gasteiger partial charge is 0.460 e. The number of hydrogen-bond acceptors (Lipinski definition) is 8. The molecule has 0 spiro atoms. The lowest BCUT2D eigenvalue weighted by atomic mass is 9.94. The number of rotatable bonds is 16. The normalized spacial score (nSPS) is 14.4. The van der Waals surface area contributed by atoms with Crippen LogP contribution in [0.15, 0.2) is 36.4 Å². The molecule has 0 radical (unpaired) electrons. The van der Waals surface area contributed by atoms with E-state index < -0.39 is 35.2 Å². The first-order valence-corrected chi connectivity index (χ1v) is 13.6. The molecule has 0 unspecified atom stereocenters. The third kappa shape index (κ3) is 11.8. The van der Waals surface area contributed by atoms with E-state index in [4.69, 9.17) is 10.5 Å². The topological polar surface area (TPSA) is 177 Å². The minimum Gasteiger partial charge on any atom is -0.460 e. The van der Waals surface area contributed by atoms with Crippen molar-refractivity contribution >= 4 is 41.2 Å². The molecule has 1 aromatic rings. The van der Waals surface area contributed by atoms with Crippen LogP contribution in [-0.2, 0) is 35.3 Å². The van der Waals surface area contributed by atoms with E-state index in [-0.39, 0.29) is 43.7 Å². The molecule has 224 valence electrons. The number of nitrogens with two attached hydrogens (primary N) is 1. The molecule has 0 aromatic heterocycles. The molecule has 5 amide bonds. The van der Waals surface area contributed by atoms with Crippen molar-refractivity contribution in [3.05, 3.63) is 42.0 Å². The van der Waals surface area contributed by atoms with Crippen LogP contribution in [0.4, 0.5) is 10.5 Å². The third-order valence-corrected chi connectivity index (χ3v) is 6.43. The van der Waals surface area contributed by atoms with Gasteiger partial charge in [-0.15, -0.1) is 0 Å². The summed E-state index contributed by atoms with van der Waals surface area (Å²) >= 11 is 0. The summed E-state index contributed by atoms with van der Waals surface area (Å²) in [4.78, 5) is 72.5. The molecule has 0 bridgehead atoms. The molecule has 2 atom stereocenters. The third-order valence-electron chi connectivity index (χ3n) is 6.43. The smallest absolute Gasteiger partial charge is 0.312 e. The first kappa shape index (κ1) is 33.0. The van der Waals surface area contributed by atoms with Gasteiger partial charge in [0.15, 0.2) is 5.78 Å². The van der Waals surface area contributed by atoms with E-state index in [1.807, 2.05) is 24.3 Å². The Morgan fingerprint density at radius 2 is 1.66 bits per heavy atom. The van der Waals surface area contributed by atoms with Crippen molar-refractivity contribution in [2.75, 3.05) is 25.0 Å². The van der Waals surface area contributed by atoms with E-state index in [0.29, 0.717) is 25.9 Å². The fourth-order valence-electron chi connectivity index (χ4n) is 3.95. The molecule has 2 rings (SSSR count). The number of urea groups is 1. The monoisotopic (exact) mass is 571 g/mol. The Hall–Kier alpha value is -4.22. The second kappa shape index (κ2) is 15.5. The van der Waals surface area contributed by atoms with Crippen LogP contribution in [0, 0.1) is 11.3 Å². The van der Waals surface area contributed by atoms with Crippen LogP contribution in [-0.4, -0.2) is 66.1 Å². The Morgan fingerprint density at radius 1 is 1.02 bits per heavy atom. The van der Waals surface area contributed by atoms with Crippen molar-refractivity contribution in [2.45, 2.75) is 66.0 Å². The maximum Gasteiger partial charge on any atom is 0.312 e. The van der Waals surface area contributed by atoms with Crippen LogP contribution >= 0.6 is 0 Å². The molecular weight excluding hydrogens is 530 g/mol. The number of carbonyl (C=O) groups excluding carboxylic acids is 6. The highest BCUT2D eigenvalue weighted by atomic mass is 16.5. The van der Waals surface area contributed by atoms with Crippen molar-refractivity contribution in [2.24, 2.45) is 17.1 Å². The van der Waals surface area contributed by atoms with Gasteiger partial charge in [0.1, 0.15) is 6.61 Å². The van der Waals surface area contributed by atoms with E-state index in [2.05, 4.69) is 16.0 Å². The van der Waals surface area contributed by atoms with Crippen LogP contribution in [0.2, 0.25) is 0 Å². The molecule has 5 N–H and O–H groups in total. The second-order valence-corrected chi connectivity index (χ2v) is 11.1. The van der Waals surface area contributed by atoms with Crippen LogP contribution in [0.25, 0.3) is 0 Å². The van der Waals surface area contributed by atoms with Crippen molar-refractivity contribution in [1.82, 2.24) is 15.5 Å². The number of amides is 5. The van der Waals surface area contributed by atoms with Gasteiger partial charge in [-0.25, -0.2) is 4.79 Å². The van der Waals surface area contributed by atoms with Crippen molar-refractivity contribution in [3.63, 3.8) is 0 Å². The summed E-state index contributed by atoms with van der Waals surface area (Å²) in [6.07, 6.45) is 3.60. The zero-order valence-corrected chi connectivity index (χ0v) is 24.2. The maximum absolute atomic E-state index is 12.9. The van der Waals surface area contributed by atoms with Gasteiger partial charge in [0.05, 0.1) is 11.5 Å². The Bertz CT molecular complexity index is 1120. The summed E-state index contributed by atoms with van der Waals surface area (Å²) in [6, 6.07) is 6.06. The van der Waals surface area contributed by atoms with Crippen LogP contribution < -0.4 is 21.7 Å². The predicted molar refractivity (Wildman–Crippen MR) is 152 cm³/mol. The second-order valence-electron chi connectivity index (χ2n) is 11.1. The van der Waals surface area contributed by atoms with Gasteiger partial charge in [-0.3, -0.25) is 28.9 Å². The number of imide groups is 1. The van der Waals surface area contributed by atoms with E-state index in [0.717, 1.165) is 28.3 Å². The standard InChI is InChI=1S/C29H41N5O7/c1-19(33-24(36)13-15-34-25(37)11-12-26(34)38)23(35)16-21(6-5-14-31-28(30)40)17-32-22-9-7-20(8-10-22)18-41-27(39)29(2,3)4/h7-12,19,21,32H,5-6,13-18H2,1-4H3,(H,33,36)(H3,30,31,40)/t19-,21+/m0/s1. The SMILES string of the molecule is C[C@H](NC(=O)CCN1C(=O)C=CC1=O)C(=O)C[C@@H](CCCNC(N)=O)CNc1ccc(COC(=O)C(C)(C)C)cc1. The number of carbonyl (C=O) groups is 6. The number of nitrogens with zero attached hydrogens (tertiary/aromatic N) is 1. The minimum atomic E-state index is -0.757. The van der Waals surface area contributed by atoms with Gasteiger partial charge in [0.2, 0.25) is 5.91 Å². The van der Waals surface area contributed by atoms with E-state index in [1.54, 1.807) is 27.7 Å². The number of nitrogens with one attached hydrogen (secondary N) is 3. The van der Waals surface area contributed by atoms with Crippen LogP contribution in [0.5, 0.6) is 0 Å². The Morgan fingerprint density at radius 3 is 2.24 bits per heavy atom. The van der Waals surface area contributed by atoms with E-state index >= 15 is 0 Å². The number of ether oxygens (including phenoxy) is 1. The Labute approximate surface area is 240 Å². The molecule has 1 aliphatic heterocycles. The van der Waals surface area contributed by atoms with Crippen LogP contribution in [0.1, 0.15) is 58.9 Å². The molecular formula is C29H41N5O7. The number of primary amides is 1. The molecule has 41 heavy (non-hydrogen) atoms. The van der Waals surface area contributed by atoms with E-state index in [9.17, 15) is 28.8 Å². The van der Waals surface area contributed by atoms with E-state index in [1.165, 1.54) is 0 Å². The van der Waals surface area contributed by atoms with Gasteiger partial charge in [0, 0.05) is 50.3 Å². The van der Waals surface area contributed by atoms with Gasteiger partial charge in [-0.05, 0) is 64.2 Å². The van der Waals surface area contributed by atoms with Gasteiger partial charge >= 0.3 is 12.0 Å². The summed E-state index contributed by atoms with van der Waals surface area (Å²) in [5.41, 5.74) is 6.23. The predicted octanol–water partition coefficient (Wildman–Crippen LogP) is 2.03. The fraction of sp³-hybridized carbons (Fsp3) is 0.517. The summed E-state index contributed by atoms with van der Waals surface area (Å²) in [7, 11) is 0. The summed E-state index contributed by atoms with van der Waals surface area (Å²) < 4.78 is 5.35. The lowest BCUT2D eigenvalue weighted by Gasteiger charge is -2.21. The van der Waals surface area contributed by atoms with Gasteiger partial charge in [0.25, 0.3) is 11.8 Å². The number of Topliss-reactive ketones (excluding diaryl/α,β-unsaturated/α-hetero) is 1. The molecule has 1 aromatic carbocycles. The van der Waals surface area contributed by atoms with Gasteiger partial charge < -0.3 is 26.4 Å². The molecule has 12 heteroatoms. The minimum absolute atomic E-state index is 0.0609. The number of hydrogen-bond donors (Lipinski definition) is 4. The average molecular weight is 572 g/mol. The first-order valence-electron chi connectivity index (χ1n) is 13.6. The molecule has 0 aliphatic carbocycles. The summed E-state index contributed by atoms with van der Waals surface area (Å²) in [5, 5.41) is 8.50. The van der Waals surface area contributed by atoms with Crippen molar-refractivity contribution in [1.29, 1.82) is 0 Å². The van der Waals surface area contributed by atoms with Crippen LogP contribution in [0.3, 0.4) is 0 Å². The summed E-state index contributed by atoms with van der Waals surface area (Å²) in [6.45, 7) is 7.93. The zero-order valence-electron chi connectivity index (χ0n) is 24.2. The number of anilines is 1. The van der Waals surface area contributed by atoms with Gasteiger partial charge in [-0.1, -0.05) is 12.1 Å². The molecule has 0 saturated heterocycles. The molecule has 1 heterocycles. The molecule has 0 saturated carbocycles. The molecule has 0 fully saturated rings. The first-order chi connectivity index (χ1) is 19.3. The molecule has 1 aliphatic rings. The fourth-order valence-corrected chi connectivity index (χ4v) is 3.95. The Kier molecular flexibility index (Phi) is 12.5. The molecule has 12 nitrogen and oxygen atoms in total. The highest BCUT2D eigenvalue weighted by Crippen LogP contribution is 2.19. The lowest BCUT2D eigenvalue weighted by molar-refractivity contribution is -0.154. The zero-order chi connectivity index (χ0) is 30.6.